The Labute approximate surface area is 124 Å². The Bertz CT molecular complexity index is 647. The fourth-order valence-corrected chi connectivity index (χ4v) is 3.09. The van der Waals surface area contributed by atoms with Gasteiger partial charge >= 0.3 is 0 Å². The first-order chi connectivity index (χ1) is 9.15. The molecule has 2 nitrogen and oxygen atoms in total. The summed E-state index contributed by atoms with van der Waals surface area (Å²) in [6, 6.07) is 10.9. The van der Waals surface area contributed by atoms with E-state index in [1.807, 2.05) is 12.1 Å². The van der Waals surface area contributed by atoms with Gasteiger partial charge in [0.2, 0.25) is 0 Å². The van der Waals surface area contributed by atoms with Crippen molar-refractivity contribution in [2.24, 2.45) is 0 Å². The standard InChI is InChI=1S/C15H10BrClO2/c16-11-6-10(7-12(17)8-11)14(18)13-3-1-2-9-4-5-19-15(9)13/h1-3,6-8H,4-5H2. The van der Waals surface area contributed by atoms with Gasteiger partial charge in [0, 0.05) is 21.5 Å². The van der Waals surface area contributed by atoms with E-state index >= 15 is 0 Å². The number of ketones is 1. The third kappa shape index (κ3) is 2.40. The number of para-hydroxylation sites is 1. The minimum absolute atomic E-state index is 0.0676. The Hall–Kier alpha value is -1.32. The van der Waals surface area contributed by atoms with Crippen LogP contribution in [-0.4, -0.2) is 12.4 Å². The predicted molar refractivity (Wildman–Crippen MR) is 78.2 cm³/mol. The van der Waals surface area contributed by atoms with Gasteiger partial charge in [-0.05, 0) is 29.8 Å². The van der Waals surface area contributed by atoms with Gasteiger partial charge in [0.1, 0.15) is 5.75 Å². The molecular formula is C15H10BrClO2. The maximum Gasteiger partial charge on any atom is 0.196 e. The molecule has 1 aliphatic rings. The van der Waals surface area contributed by atoms with Crippen LogP contribution < -0.4 is 4.74 Å². The second kappa shape index (κ2) is 4.99. The van der Waals surface area contributed by atoms with E-state index in [0.717, 1.165) is 16.5 Å². The molecule has 2 aromatic carbocycles. The van der Waals surface area contributed by atoms with E-state index in [9.17, 15) is 4.79 Å². The molecule has 0 saturated carbocycles. The fraction of sp³-hybridized carbons (Fsp3) is 0.133. The molecule has 2 aromatic rings. The maximum atomic E-state index is 12.6. The number of ether oxygens (including phenoxy) is 1. The van der Waals surface area contributed by atoms with Crippen LogP contribution in [0.1, 0.15) is 21.5 Å². The van der Waals surface area contributed by atoms with Crippen LogP contribution in [0.15, 0.2) is 40.9 Å². The van der Waals surface area contributed by atoms with Crippen molar-refractivity contribution >= 4 is 33.3 Å². The normalized spacial score (nSPS) is 12.9. The lowest BCUT2D eigenvalue weighted by molar-refractivity contribution is 0.103. The molecule has 0 saturated heterocycles. The van der Waals surface area contributed by atoms with Crippen molar-refractivity contribution in [2.45, 2.75) is 6.42 Å². The first-order valence-electron chi connectivity index (χ1n) is 5.90. The summed E-state index contributed by atoms with van der Waals surface area (Å²) >= 11 is 9.33. The molecular weight excluding hydrogens is 328 g/mol. The van der Waals surface area contributed by atoms with Gasteiger partial charge < -0.3 is 4.74 Å². The van der Waals surface area contributed by atoms with Crippen molar-refractivity contribution in [1.29, 1.82) is 0 Å². The van der Waals surface area contributed by atoms with Crippen LogP contribution in [0.2, 0.25) is 5.02 Å². The number of benzene rings is 2. The van der Waals surface area contributed by atoms with E-state index in [0.29, 0.717) is 28.5 Å². The van der Waals surface area contributed by atoms with E-state index in [4.69, 9.17) is 16.3 Å². The Morgan fingerprint density at radius 3 is 2.89 bits per heavy atom. The zero-order chi connectivity index (χ0) is 13.4. The van der Waals surface area contributed by atoms with Gasteiger partial charge in [-0.3, -0.25) is 4.79 Å². The van der Waals surface area contributed by atoms with Gasteiger partial charge in [-0.15, -0.1) is 0 Å². The van der Waals surface area contributed by atoms with Crippen molar-refractivity contribution in [3.63, 3.8) is 0 Å². The third-order valence-corrected chi connectivity index (χ3v) is 3.76. The van der Waals surface area contributed by atoms with Gasteiger partial charge in [-0.25, -0.2) is 0 Å². The van der Waals surface area contributed by atoms with Crippen molar-refractivity contribution in [1.82, 2.24) is 0 Å². The lowest BCUT2D eigenvalue weighted by Gasteiger charge is -2.08. The summed E-state index contributed by atoms with van der Waals surface area (Å²) in [4.78, 5) is 12.6. The summed E-state index contributed by atoms with van der Waals surface area (Å²) in [5.41, 5.74) is 2.25. The Morgan fingerprint density at radius 1 is 1.26 bits per heavy atom. The molecule has 0 aromatic heterocycles. The number of carbonyl (C=O) groups excluding carboxylic acids is 1. The maximum absolute atomic E-state index is 12.6. The van der Waals surface area contributed by atoms with Crippen LogP contribution >= 0.6 is 27.5 Å². The highest BCUT2D eigenvalue weighted by Crippen LogP contribution is 2.32. The van der Waals surface area contributed by atoms with E-state index < -0.39 is 0 Å². The van der Waals surface area contributed by atoms with Crippen LogP contribution in [0.4, 0.5) is 0 Å². The Kier molecular flexibility index (Phi) is 3.33. The smallest absolute Gasteiger partial charge is 0.196 e. The van der Waals surface area contributed by atoms with Crippen LogP contribution in [0.3, 0.4) is 0 Å². The lowest BCUT2D eigenvalue weighted by atomic mass is 10.00. The number of rotatable bonds is 2. The second-order valence-electron chi connectivity index (χ2n) is 4.38. The van der Waals surface area contributed by atoms with Crippen molar-refractivity contribution in [3.05, 3.63) is 62.6 Å². The summed E-state index contributed by atoms with van der Waals surface area (Å²) in [6.45, 7) is 0.638. The molecule has 0 spiro atoms. The Balaban J connectivity index is 2.07. The van der Waals surface area contributed by atoms with Gasteiger partial charge in [-0.2, -0.15) is 0 Å². The van der Waals surface area contributed by atoms with Gasteiger partial charge in [0.25, 0.3) is 0 Å². The van der Waals surface area contributed by atoms with Crippen molar-refractivity contribution in [3.8, 4) is 5.75 Å². The number of hydrogen-bond donors (Lipinski definition) is 0. The molecule has 96 valence electrons. The topological polar surface area (TPSA) is 26.3 Å². The molecule has 0 amide bonds. The second-order valence-corrected chi connectivity index (χ2v) is 5.73. The minimum Gasteiger partial charge on any atom is -0.492 e. The average molecular weight is 338 g/mol. The fourth-order valence-electron chi connectivity index (χ4n) is 2.23. The summed E-state index contributed by atoms with van der Waals surface area (Å²) in [5, 5.41) is 0.534. The molecule has 1 aliphatic heterocycles. The quantitative estimate of drug-likeness (QED) is 0.765. The van der Waals surface area contributed by atoms with E-state index in [-0.39, 0.29) is 5.78 Å². The largest absolute Gasteiger partial charge is 0.492 e. The molecule has 0 aliphatic carbocycles. The van der Waals surface area contributed by atoms with E-state index in [1.165, 1.54) is 0 Å². The molecule has 3 rings (SSSR count). The molecule has 0 fully saturated rings. The number of fused-ring (bicyclic) bond motifs is 1. The van der Waals surface area contributed by atoms with Crippen LogP contribution in [-0.2, 0) is 6.42 Å². The summed E-state index contributed by atoms with van der Waals surface area (Å²) < 4.78 is 6.36. The minimum atomic E-state index is -0.0676. The highest BCUT2D eigenvalue weighted by molar-refractivity contribution is 9.10. The zero-order valence-electron chi connectivity index (χ0n) is 9.95. The van der Waals surface area contributed by atoms with Crippen molar-refractivity contribution in [2.75, 3.05) is 6.61 Å². The SMILES string of the molecule is O=C(c1cc(Cl)cc(Br)c1)c1cccc2c1OCC2. The zero-order valence-corrected chi connectivity index (χ0v) is 12.3. The lowest BCUT2D eigenvalue weighted by Crippen LogP contribution is -2.03. The number of hydrogen-bond acceptors (Lipinski definition) is 2. The molecule has 0 radical (unpaired) electrons. The highest BCUT2D eigenvalue weighted by atomic mass is 79.9. The van der Waals surface area contributed by atoms with Gasteiger partial charge in [-0.1, -0.05) is 39.7 Å². The summed E-state index contributed by atoms with van der Waals surface area (Å²) in [6.07, 6.45) is 0.857. The summed E-state index contributed by atoms with van der Waals surface area (Å²) in [7, 11) is 0. The van der Waals surface area contributed by atoms with Gasteiger partial charge in [0.15, 0.2) is 5.78 Å². The van der Waals surface area contributed by atoms with E-state index in [1.54, 1.807) is 24.3 Å². The predicted octanol–water partition coefficient (Wildman–Crippen LogP) is 4.27. The molecule has 0 atom stereocenters. The summed E-state index contributed by atoms with van der Waals surface area (Å²) in [5.74, 6) is 0.644. The van der Waals surface area contributed by atoms with Crippen LogP contribution in [0.5, 0.6) is 5.75 Å². The van der Waals surface area contributed by atoms with Gasteiger partial charge in [0.05, 0.1) is 12.2 Å². The number of halogens is 2. The molecule has 0 N–H and O–H groups in total. The first kappa shape index (κ1) is 12.7. The average Bonchev–Trinajstić information content (AvgIpc) is 2.84. The molecule has 19 heavy (non-hydrogen) atoms. The van der Waals surface area contributed by atoms with E-state index in [2.05, 4.69) is 15.9 Å². The third-order valence-electron chi connectivity index (χ3n) is 3.08. The van der Waals surface area contributed by atoms with Crippen LogP contribution in [0.25, 0.3) is 0 Å². The molecule has 0 unspecified atom stereocenters. The van der Waals surface area contributed by atoms with Crippen molar-refractivity contribution < 1.29 is 9.53 Å². The molecule has 0 bridgehead atoms. The Morgan fingerprint density at radius 2 is 2.11 bits per heavy atom. The first-order valence-corrected chi connectivity index (χ1v) is 7.08. The number of carbonyl (C=O) groups is 1. The molecule has 4 heteroatoms. The molecule has 1 heterocycles. The highest BCUT2D eigenvalue weighted by Gasteiger charge is 2.21. The van der Waals surface area contributed by atoms with Crippen LogP contribution in [0, 0.1) is 0 Å². The monoisotopic (exact) mass is 336 g/mol.